The van der Waals surface area contributed by atoms with Crippen LogP contribution in [-0.4, -0.2) is 21.0 Å². The van der Waals surface area contributed by atoms with Gasteiger partial charge in [-0.05, 0) is 49.9 Å². The van der Waals surface area contributed by atoms with Crippen molar-refractivity contribution >= 4 is 0 Å². The second-order valence-corrected chi connectivity index (χ2v) is 5.13. The van der Waals surface area contributed by atoms with Crippen molar-refractivity contribution in [3.8, 4) is 5.69 Å². The Morgan fingerprint density at radius 2 is 1.94 bits per heavy atom. The molecule has 3 rings (SSSR count). The summed E-state index contributed by atoms with van der Waals surface area (Å²) in [7, 11) is 0. The molecule has 1 aliphatic rings. The topological polar surface area (TPSA) is 42.7 Å². The molecule has 4 heteroatoms. The summed E-state index contributed by atoms with van der Waals surface area (Å²) < 4.78 is 0. The Morgan fingerprint density at radius 3 is 2.61 bits per heavy atom. The molecule has 0 spiro atoms. The molecule has 0 saturated heterocycles. The van der Waals surface area contributed by atoms with E-state index in [9.17, 15) is 0 Å². The van der Waals surface area contributed by atoms with Crippen LogP contribution in [-0.2, 0) is 6.54 Å². The van der Waals surface area contributed by atoms with Gasteiger partial charge in [-0.15, -0.1) is 0 Å². The van der Waals surface area contributed by atoms with Gasteiger partial charge in [-0.2, -0.15) is 15.0 Å². The molecule has 1 aromatic carbocycles. The molecule has 1 aliphatic carbocycles. The summed E-state index contributed by atoms with van der Waals surface area (Å²) >= 11 is 0. The molecule has 1 N–H and O–H groups in total. The second kappa shape index (κ2) is 4.53. The van der Waals surface area contributed by atoms with Crippen LogP contribution in [0, 0.1) is 13.8 Å². The molecule has 0 bridgehead atoms. The van der Waals surface area contributed by atoms with E-state index >= 15 is 0 Å². The Morgan fingerprint density at radius 1 is 1.22 bits per heavy atom. The third-order valence-electron chi connectivity index (χ3n) is 3.13. The SMILES string of the molecule is Cc1cc(C)cc(-n2ncc(CNC3CC3)n2)c1. The van der Waals surface area contributed by atoms with Gasteiger partial charge in [0.25, 0.3) is 0 Å². The quantitative estimate of drug-likeness (QED) is 0.893. The number of hydrogen-bond acceptors (Lipinski definition) is 3. The molecule has 0 atom stereocenters. The van der Waals surface area contributed by atoms with Crippen LogP contribution in [0.4, 0.5) is 0 Å². The zero-order valence-electron chi connectivity index (χ0n) is 10.8. The van der Waals surface area contributed by atoms with Gasteiger partial charge in [0.15, 0.2) is 0 Å². The highest BCUT2D eigenvalue weighted by Crippen LogP contribution is 2.19. The van der Waals surface area contributed by atoms with Gasteiger partial charge in [-0.1, -0.05) is 6.07 Å². The Bertz CT molecular complexity index is 534. The predicted molar refractivity (Wildman–Crippen MR) is 70.7 cm³/mol. The Balaban J connectivity index is 1.78. The molecule has 0 unspecified atom stereocenters. The number of nitrogens with zero attached hydrogens (tertiary/aromatic N) is 3. The Labute approximate surface area is 107 Å². The maximum Gasteiger partial charge on any atom is 0.0969 e. The predicted octanol–water partition coefficient (Wildman–Crippen LogP) is 2.14. The third-order valence-corrected chi connectivity index (χ3v) is 3.13. The van der Waals surface area contributed by atoms with Gasteiger partial charge in [0.2, 0.25) is 0 Å². The average molecular weight is 242 g/mol. The molecule has 18 heavy (non-hydrogen) atoms. The molecule has 2 aromatic rings. The summed E-state index contributed by atoms with van der Waals surface area (Å²) in [6.07, 6.45) is 4.43. The summed E-state index contributed by atoms with van der Waals surface area (Å²) in [6.45, 7) is 5.00. The van der Waals surface area contributed by atoms with E-state index in [2.05, 4.69) is 47.6 Å². The van der Waals surface area contributed by atoms with Crippen LogP contribution >= 0.6 is 0 Å². The van der Waals surface area contributed by atoms with Crippen molar-refractivity contribution in [2.75, 3.05) is 0 Å². The van der Waals surface area contributed by atoms with Crippen molar-refractivity contribution in [2.45, 2.75) is 39.3 Å². The van der Waals surface area contributed by atoms with E-state index in [1.807, 2.05) is 6.20 Å². The Kier molecular flexibility index (Phi) is 2.88. The molecule has 4 nitrogen and oxygen atoms in total. The standard InChI is InChI=1S/C14H18N4/c1-10-5-11(2)7-14(6-10)18-16-9-13(17-18)8-15-12-3-4-12/h5-7,9,12,15H,3-4,8H2,1-2H3. The summed E-state index contributed by atoms with van der Waals surface area (Å²) in [5.41, 5.74) is 4.51. The van der Waals surface area contributed by atoms with Gasteiger partial charge >= 0.3 is 0 Å². The molecule has 0 aliphatic heterocycles. The Hall–Kier alpha value is -1.68. The molecule has 94 valence electrons. The molecular weight excluding hydrogens is 224 g/mol. The van der Waals surface area contributed by atoms with Crippen LogP contribution in [0.5, 0.6) is 0 Å². The summed E-state index contributed by atoms with van der Waals surface area (Å²) in [5.74, 6) is 0. The van der Waals surface area contributed by atoms with Gasteiger partial charge in [0.1, 0.15) is 0 Å². The summed E-state index contributed by atoms with van der Waals surface area (Å²) in [5, 5.41) is 12.3. The van der Waals surface area contributed by atoms with E-state index in [-0.39, 0.29) is 0 Å². The van der Waals surface area contributed by atoms with Crippen LogP contribution in [0.1, 0.15) is 29.7 Å². The summed E-state index contributed by atoms with van der Waals surface area (Å²) in [6, 6.07) is 7.06. The first-order valence-electron chi connectivity index (χ1n) is 6.44. The van der Waals surface area contributed by atoms with Gasteiger partial charge < -0.3 is 5.32 Å². The minimum absolute atomic E-state index is 0.705. The smallest absolute Gasteiger partial charge is 0.0969 e. The maximum atomic E-state index is 4.51. The largest absolute Gasteiger partial charge is 0.308 e. The fourth-order valence-corrected chi connectivity index (χ4v) is 2.10. The number of aryl methyl sites for hydroxylation is 2. The zero-order chi connectivity index (χ0) is 12.5. The highest BCUT2D eigenvalue weighted by Gasteiger charge is 2.20. The van der Waals surface area contributed by atoms with E-state index in [1.165, 1.54) is 24.0 Å². The van der Waals surface area contributed by atoms with E-state index in [4.69, 9.17) is 0 Å². The van der Waals surface area contributed by atoms with Gasteiger partial charge in [0, 0.05) is 12.6 Å². The van der Waals surface area contributed by atoms with Crippen molar-refractivity contribution in [1.82, 2.24) is 20.3 Å². The lowest BCUT2D eigenvalue weighted by atomic mass is 10.1. The number of benzene rings is 1. The van der Waals surface area contributed by atoms with E-state index in [1.54, 1.807) is 4.80 Å². The number of aromatic nitrogens is 3. The van der Waals surface area contributed by atoms with Crippen LogP contribution in [0.2, 0.25) is 0 Å². The lowest BCUT2D eigenvalue weighted by Gasteiger charge is -2.03. The monoisotopic (exact) mass is 242 g/mol. The van der Waals surface area contributed by atoms with Crippen molar-refractivity contribution in [1.29, 1.82) is 0 Å². The minimum Gasteiger partial charge on any atom is -0.308 e. The van der Waals surface area contributed by atoms with Crippen LogP contribution < -0.4 is 5.32 Å². The molecule has 0 radical (unpaired) electrons. The van der Waals surface area contributed by atoms with Crippen LogP contribution in [0.3, 0.4) is 0 Å². The van der Waals surface area contributed by atoms with E-state index in [0.29, 0.717) is 6.04 Å². The number of nitrogens with one attached hydrogen (secondary N) is 1. The minimum atomic E-state index is 0.705. The molecule has 1 saturated carbocycles. The van der Waals surface area contributed by atoms with Crippen LogP contribution in [0.25, 0.3) is 5.69 Å². The molecule has 1 heterocycles. The zero-order valence-corrected chi connectivity index (χ0v) is 10.8. The van der Waals surface area contributed by atoms with Gasteiger partial charge in [0.05, 0.1) is 17.6 Å². The lowest BCUT2D eigenvalue weighted by Crippen LogP contribution is -2.15. The first kappa shape index (κ1) is 11.4. The highest BCUT2D eigenvalue weighted by atomic mass is 15.5. The van der Waals surface area contributed by atoms with Crippen molar-refractivity contribution in [3.63, 3.8) is 0 Å². The second-order valence-electron chi connectivity index (χ2n) is 5.13. The summed E-state index contributed by atoms with van der Waals surface area (Å²) in [4.78, 5) is 1.71. The fraction of sp³-hybridized carbons (Fsp3) is 0.429. The van der Waals surface area contributed by atoms with E-state index in [0.717, 1.165) is 17.9 Å². The number of rotatable bonds is 4. The van der Waals surface area contributed by atoms with Crippen molar-refractivity contribution in [2.24, 2.45) is 0 Å². The molecular formula is C14H18N4. The number of hydrogen-bond donors (Lipinski definition) is 1. The lowest BCUT2D eigenvalue weighted by molar-refractivity contribution is 0.658. The molecule has 1 aromatic heterocycles. The van der Waals surface area contributed by atoms with Gasteiger partial charge in [-0.3, -0.25) is 0 Å². The van der Waals surface area contributed by atoms with E-state index < -0.39 is 0 Å². The maximum absolute atomic E-state index is 4.51. The first-order chi connectivity index (χ1) is 8.70. The van der Waals surface area contributed by atoms with Gasteiger partial charge in [-0.25, -0.2) is 0 Å². The first-order valence-corrected chi connectivity index (χ1v) is 6.44. The van der Waals surface area contributed by atoms with Crippen molar-refractivity contribution < 1.29 is 0 Å². The fourth-order valence-electron chi connectivity index (χ4n) is 2.10. The third kappa shape index (κ3) is 2.59. The highest BCUT2D eigenvalue weighted by molar-refractivity contribution is 5.37. The molecule has 0 amide bonds. The molecule has 1 fully saturated rings. The normalized spacial score (nSPS) is 15.0. The van der Waals surface area contributed by atoms with Crippen LogP contribution in [0.15, 0.2) is 24.4 Å². The average Bonchev–Trinajstić information content (AvgIpc) is 3.02. The van der Waals surface area contributed by atoms with Crippen molar-refractivity contribution in [3.05, 3.63) is 41.2 Å².